The highest BCUT2D eigenvalue weighted by Crippen LogP contribution is 2.12. The van der Waals surface area contributed by atoms with Crippen LogP contribution in [0.15, 0.2) is 12.3 Å². The van der Waals surface area contributed by atoms with E-state index in [0.717, 1.165) is 0 Å². The molecule has 0 saturated heterocycles. The Bertz CT molecular complexity index is 414. The standard InChI is InChI=1S/C12H19N3O4/c1-9(8-19-3)15(6-7-18-2)12-13-5-4-10(14-12)11(16)17/h4-5,9H,6-8H2,1-3H3,(H,16,17). The summed E-state index contributed by atoms with van der Waals surface area (Å²) in [6, 6.07) is 1.38. The fourth-order valence-corrected chi connectivity index (χ4v) is 1.64. The molecular formula is C12H19N3O4. The zero-order valence-electron chi connectivity index (χ0n) is 11.4. The molecule has 0 aromatic carbocycles. The second-order valence-electron chi connectivity index (χ2n) is 4.04. The minimum absolute atomic E-state index is 0.0178. The van der Waals surface area contributed by atoms with E-state index in [2.05, 4.69) is 9.97 Å². The number of aromatic nitrogens is 2. The molecule has 19 heavy (non-hydrogen) atoms. The van der Waals surface area contributed by atoms with E-state index >= 15 is 0 Å². The number of hydrogen-bond acceptors (Lipinski definition) is 6. The first-order valence-corrected chi connectivity index (χ1v) is 5.91. The van der Waals surface area contributed by atoms with Gasteiger partial charge in [-0.05, 0) is 13.0 Å². The summed E-state index contributed by atoms with van der Waals surface area (Å²) in [5, 5.41) is 8.95. The van der Waals surface area contributed by atoms with Crippen molar-refractivity contribution in [3.8, 4) is 0 Å². The summed E-state index contributed by atoms with van der Waals surface area (Å²) in [6.07, 6.45) is 1.44. The molecule has 0 amide bonds. The van der Waals surface area contributed by atoms with Gasteiger partial charge in [0.25, 0.3) is 0 Å². The monoisotopic (exact) mass is 269 g/mol. The van der Waals surface area contributed by atoms with Crippen LogP contribution in [0.5, 0.6) is 0 Å². The fraction of sp³-hybridized carbons (Fsp3) is 0.583. The lowest BCUT2D eigenvalue weighted by molar-refractivity contribution is 0.0690. The van der Waals surface area contributed by atoms with Crippen LogP contribution in [0, 0.1) is 0 Å². The van der Waals surface area contributed by atoms with Gasteiger partial charge in [-0.25, -0.2) is 14.8 Å². The van der Waals surface area contributed by atoms with Crippen LogP contribution in [0.2, 0.25) is 0 Å². The third-order valence-corrected chi connectivity index (χ3v) is 2.60. The van der Waals surface area contributed by atoms with Gasteiger partial charge in [-0.3, -0.25) is 0 Å². The van der Waals surface area contributed by atoms with Crippen molar-refractivity contribution in [1.29, 1.82) is 0 Å². The molecule has 1 heterocycles. The quantitative estimate of drug-likeness (QED) is 0.742. The van der Waals surface area contributed by atoms with Crippen molar-refractivity contribution >= 4 is 11.9 Å². The van der Waals surface area contributed by atoms with E-state index in [1.54, 1.807) is 14.2 Å². The van der Waals surface area contributed by atoms with Crippen molar-refractivity contribution in [3.63, 3.8) is 0 Å². The van der Waals surface area contributed by atoms with E-state index < -0.39 is 5.97 Å². The molecule has 1 aromatic heterocycles. The smallest absolute Gasteiger partial charge is 0.354 e. The molecule has 1 atom stereocenters. The highest BCUT2D eigenvalue weighted by Gasteiger charge is 2.18. The van der Waals surface area contributed by atoms with Gasteiger partial charge in [-0.2, -0.15) is 0 Å². The number of carbonyl (C=O) groups is 1. The second-order valence-corrected chi connectivity index (χ2v) is 4.04. The van der Waals surface area contributed by atoms with E-state index in [9.17, 15) is 4.79 Å². The summed E-state index contributed by atoms with van der Waals surface area (Å²) in [7, 11) is 3.22. The normalized spacial score (nSPS) is 12.2. The first-order valence-electron chi connectivity index (χ1n) is 5.91. The van der Waals surface area contributed by atoms with Gasteiger partial charge in [0, 0.05) is 27.0 Å². The molecule has 0 radical (unpaired) electrons. The molecule has 1 unspecified atom stereocenters. The zero-order valence-corrected chi connectivity index (χ0v) is 11.4. The predicted octanol–water partition coefficient (Wildman–Crippen LogP) is 0.663. The van der Waals surface area contributed by atoms with Crippen molar-refractivity contribution in [1.82, 2.24) is 9.97 Å². The largest absolute Gasteiger partial charge is 0.477 e. The molecule has 7 nitrogen and oxygen atoms in total. The van der Waals surface area contributed by atoms with Gasteiger partial charge >= 0.3 is 5.97 Å². The van der Waals surface area contributed by atoms with Crippen molar-refractivity contribution in [2.75, 3.05) is 38.9 Å². The van der Waals surface area contributed by atoms with E-state index in [-0.39, 0.29) is 11.7 Å². The van der Waals surface area contributed by atoms with E-state index in [1.165, 1.54) is 12.3 Å². The molecule has 0 aliphatic rings. The van der Waals surface area contributed by atoms with Gasteiger partial charge in [0.15, 0.2) is 5.69 Å². The SMILES string of the molecule is COCCN(c1nccc(C(=O)O)n1)C(C)COC. The molecule has 0 saturated carbocycles. The van der Waals surface area contributed by atoms with E-state index in [0.29, 0.717) is 25.7 Å². The third kappa shape index (κ3) is 4.46. The summed E-state index contributed by atoms with van der Waals surface area (Å²) in [4.78, 5) is 20.9. The first-order chi connectivity index (χ1) is 9.10. The number of rotatable bonds is 8. The van der Waals surface area contributed by atoms with Gasteiger partial charge in [0.1, 0.15) is 0 Å². The van der Waals surface area contributed by atoms with Gasteiger partial charge in [-0.1, -0.05) is 0 Å². The predicted molar refractivity (Wildman–Crippen MR) is 69.6 cm³/mol. The maximum absolute atomic E-state index is 10.9. The lowest BCUT2D eigenvalue weighted by atomic mass is 10.3. The second kappa shape index (κ2) is 7.65. The Kier molecular flexibility index (Phi) is 6.17. The van der Waals surface area contributed by atoms with Crippen LogP contribution >= 0.6 is 0 Å². The Hall–Kier alpha value is -1.73. The molecule has 0 aliphatic carbocycles. The van der Waals surface area contributed by atoms with Crippen LogP contribution < -0.4 is 4.90 Å². The zero-order chi connectivity index (χ0) is 14.3. The van der Waals surface area contributed by atoms with E-state index in [4.69, 9.17) is 14.6 Å². The van der Waals surface area contributed by atoms with E-state index in [1.807, 2.05) is 11.8 Å². The Labute approximate surface area is 112 Å². The summed E-state index contributed by atoms with van der Waals surface area (Å²) in [6.45, 7) is 3.50. The number of carboxylic acid groups (broad SMARTS) is 1. The Morgan fingerprint density at radius 2 is 2.21 bits per heavy atom. The topological polar surface area (TPSA) is 84.8 Å². The van der Waals surface area contributed by atoms with Crippen LogP contribution in [0.25, 0.3) is 0 Å². The lowest BCUT2D eigenvalue weighted by Crippen LogP contribution is -2.40. The average molecular weight is 269 g/mol. The highest BCUT2D eigenvalue weighted by atomic mass is 16.5. The summed E-state index contributed by atoms with van der Waals surface area (Å²) < 4.78 is 10.2. The maximum atomic E-state index is 10.9. The van der Waals surface area contributed by atoms with Gasteiger partial charge in [0.2, 0.25) is 5.95 Å². The molecule has 1 N–H and O–H groups in total. The summed E-state index contributed by atoms with van der Waals surface area (Å²) in [5.74, 6) is -0.712. The minimum atomic E-state index is -1.07. The number of aromatic carboxylic acids is 1. The third-order valence-electron chi connectivity index (χ3n) is 2.60. The maximum Gasteiger partial charge on any atom is 0.354 e. The van der Waals surface area contributed by atoms with Crippen molar-refractivity contribution < 1.29 is 19.4 Å². The van der Waals surface area contributed by atoms with Crippen LogP contribution in [-0.4, -0.2) is 61.1 Å². The van der Waals surface area contributed by atoms with Crippen LogP contribution in [0.4, 0.5) is 5.95 Å². The molecule has 106 valence electrons. The average Bonchev–Trinajstić information content (AvgIpc) is 2.40. The Balaban J connectivity index is 2.95. The van der Waals surface area contributed by atoms with Crippen LogP contribution in [0.3, 0.4) is 0 Å². The molecule has 7 heteroatoms. The molecular weight excluding hydrogens is 250 g/mol. The van der Waals surface area contributed by atoms with Gasteiger partial charge in [-0.15, -0.1) is 0 Å². The lowest BCUT2D eigenvalue weighted by Gasteiger charge is -2.28. The van der Waals surface area contributed by atoms with Gasteiger partial charge in [0.05, 0.1) is 19.3 Å². The van der Waals surface area contributed by atoms with Gasteiger partial charge < -0.3 is 19.5 Å². The minimum Gasteiger partial charge on any atom is -0.477 e. The molecule has 0 spiro atoms. The van der Waals surface area contributed by atoms with Crippen molar-refractivity contribution in [3.05, 3.63) is 18.0 Å². The van der Waals surface area contributed by atoms with Crippen LogP contribution in [0.1, 0.15) is 17.4 Å². The number of ether oxygens (including phenoxy) is 2. The first kappa shape index (κ1) is 15.3. The summed E-state index contributed by atoms with van der Waals surface area (Å²) in [5.41, 5.74) is -0.0305. The highest BCUT2D eigenvalue weighted by molar-refractivity contribution is 5.85. The summed E-state index contributed by atoms with van der Waals surface area (Å²) >= 11 is 0. The van der Waals surface area contributed by atoms with Crippen molar-refractivity contribution in [2.24, 2.45) is 0 Å². The number of carboxylic acids is 1. The molecule has 1 rings (SSSR count). The number of methoxy groups -OCH3 is 2. The Morgan fingerprint density at radius 1 is 1.47 bits per heavy atom. The number of anilines is 1. The van der Waals surface area contributed by atoms with Crippen LogP contribution in [-0.2, 0) is 9.47 Å². The number of hydrogen-bond donors (Lipinski definition) is 1. The molecule has 0 bridgehead atoms. The molecule has 1 aromatic rings. The molecule has 0 fully saturated rings. The fourth-order valence-electron chi connectivity index (χ4n) is 1.64. The molecule has 0 aliphatic heterocycles. The Morgan fingerprint density at radius 3 is 2.79 bits per heavy atom. The number of nitrogens with zero attached hydrogens (tertiary/aromatic N) is 3. The van der Waals surface area contributed by atoms with Crippen molar-refractivity contribution in [2.45, 2.75) is 13.0 Å².